The molecule has 1 aromatic heterocycles. The van der Waals surface area contributed by atoms with Gasteiger partial charge < -0.3 is 10.1 Å². The SMILES string of the molecule is CCNC(CCc1c(Cl)cnn1CCOC)C1CC1. The van der Waals surface area contributed by atoms with Crippen LogP contribution in [-0.2, 0) is 17.7 Å². The lowest BCUT2D eigenvalue weighted by molar-refractivity contribution is 0.182. The molecular formula is C14H24ClN3O. The van der Waals surface area contributed by atoms with Crippen molar-refractivity contribution in [2.75, 3.05) is 20.3 Å². The van der Waals surface area contributed by atoms with Gasteiger partial charge in [0.25, 0.3) is 0 Å². The van der Waals surface area contributed by atoms with Crippen LogP contribution in [-0.4, -0.2) is 36.1 Å². The summed E-state index contributed by atoms with van der Waals surface area (Å²) in [7, 11) is 1.71. The summed E-state index contributed by atoms with van der Waals surface area (Å²) in [6.07, 6.45) is 6.60. The molecule has 1 atom stereocenters. The van der Waals surface area contributed by atoms with Crippen molar-refractivity contribution in [2.45, 2.75) is 45.2 Å². The Morgan fingerprint density at radius 3 is 3.00 bits per heavy atom. The van der Waals surface area contributed by atoms with E-state index in [0.29, 0.717) is 12.6 Å². The van der Waals surface area contributed by atoms with E-state index in [-0.39, 0.29) is 0 Å². The third-order valence-corrected chi connectivity index (χ3v) is 4.07. The predicted octanol–water partition coefficient (Wildman–Crippen LogP) is 2.50. The molecule has 1 N–H and O–H groups in total. The Kier molecular flexibility index (Phi) is 5.67. The topological polar surface area (TPSA) is 39.1 Å². The molecule has 0 spiro atoms. The van der Waals surface area contributed by atoms with Gasteiger partial charge in [-0.1, -0.05) is 18.5 Å². The highest BCUT2D eigenvalue weighted by molar-refractivity contribution is 6.31. The molecule has 5 heteroatoms. The molecule has 1 aromatic rings. The molecular weight excluding hydrogens is 262 g/mol. The van der Waals surface area contributed by atoms with Gasteiger partial charge in [0, 0.05) is 13.2 Å². The minimum atomic E-state index is 0.631. The van der Waals surface area contributed by atoms with Crippen LogP contribution in [0.3, 0.4) is 0 Å². The third-order valence-electron chi connectivity index (χ3n) is 3.75. The molecule has 0 bridgehead atoms. The Balaban J connectivity index is 1.91. The summed E-state index contributed by atoms with van der Waals surface area (Å²) >= 11 is 6.24. The molecule has 0 aliphatic heterocycles. The van der Waals surface area contributed by atoms with Crippen LogP contribution in [0.4, 0.5) is 0 Å². The van der Waals surface area contributed by atoms with Gasteiger partial charge in [0.15, 0.2) is 0 Å². The Labute approximate surface area is 120 Å². The number of aromatic nitrogens is 2. The van der Waals surface area contributed by atoms with Crippen molar-refractivity contribution in [3.05, 3.63) is 16.9 Å². The highest BCUT2D eigenvalue weighted by Gasteiger charge is 2.30. The second kappa shape index (κ2) is 7.27. The van der Waals surface area contributed by atoms with Crippen molar-refractivity contribution < 1.29 is 4.74 Å². The van der Waals surface area contributed by atoms with E-state index in [1.807, 2.05) is 4.68 Å². The van der Waals surface area contributed by atoms with Gasteiger partial charge in [0.05, 0.1) is 30.1 Å². The first kappa shape index (κ1) is 14.8. The van der Waals surface area contributed by atoms with E-state index in [1.165, 1.54) is 12.8 Å². The molecule has 0 radical (unpaired) electrons. The number of nitrogens with one attached hydrogen (secondary N) is 1. The van der Waals surface area contributed by atoms with E-state index in [2.05, 4.69) is 17.3 Å². The predicted molar refractivity (Wildman–Crippen MR) is 77.6 cm³/mol. The van der Waals surface area contributed by atoms with Gasteiger partial charge in [-0.05, 0) is 38.1 Å². The number of methoxy groups -OCH3 is 1. The number of hydrogen-bond donors (Lipinski definition) is 1. The second-order valence-electron chi connectivity index (χ2n) is 5.20. The Bertz CT molecular complexity index is 390. The van der Waals surface area contributed by atoms with Crippen molar-refractivity contribution in [2.24, 2.45) is 5.92 Å². The zero-order chi connectivity index (χ0) is 13.7. The second-order valence-corrected chi connectivity index (χ2v) is 5.60. The maximum Gasteiger partial charge on any atom is 0.0817 e. The lowest BCUT2D eigenvalue weighted by Crippen LogP contribution is -2.31. The minimum Gasteiger partial charge on any atom is -0.383 e. The third kappa shape index (κ3) is 4.20. The molecule has 4 nitrogen and oxygen atoms in total. The fourth-order valence-corrected chi connectivity index (χ4v) is 2.80. The normalized spacial score (nSPS) is 16.8. The number of nitrogens with zero attached hydrogens (tertiary/aromatic N) is 2. The summed E-state index contributed by atoms with van der Waals surface area (Å²) in [6.45, 7) is 4.65. The number of halogens is 1. The van der Waals surface area contributed by atoms with Crippen LogP contribution in [0.25, 0.3) is 0 Å². The molecule has 19 heavy (non-hydrogen) atoms. The summed E-state index contributed by atoms with van der Waals surface area (Å²) in [5.74, 6) is 0.870. The minimum absolute atomic E-state index is 0.631. The Morgan fingerprint density at radius 2 is 2.37 bits per heavy atom. The number of rotatable bonds is 9. The average Bonchev–Trinajstić information content (AvgIpc) is 3.18. The maximum absolute atomic E-state index is 6.24. The Morgan fingerprint density at radius 1 is 1.58 bits per heavy atom. The van der Waals surface area contributed by atoms with Crippen molar-refractivity contribution in [3.63, 3.8) is 0 Å². The van der Waals surface area contributed by atoms with E-state index in [9.17, 15) is 0 Å². The van der Waals surface area contributed by atoms with Crippen LogP contribution in [0.5, 0.6) is 0 Å². The highest BCUT2D eigenvalue weighted by Crippen LogP contribution is 2.34. The summed E-state index contributed by atoms with van der Waals surface area (Å²) in [5, 5.41) is 8.69. The highest BCUT2D eigenvalue weighted by atomic mass is 35.5. The molecule has 1 saturated carbocycles. The van der Waals surface area contributed by atoms with Crippen LogP contribution in [0.2, 0.25) is 5.02 Å². The molecule has 1 fully saturated rings. The molecule has 0 amide bonds. The zero-order valence-corrected chi connectivity index (χ0v) is 12.6. The van der Waals surface area contributed by atoms with Crippen LogP contribution < -0.4 is 5.32 Å². The van der Waals surface area contributed by atoms with Gasteiger partial charge >= 0.3 is 0 Å². The van der Waals surface area contributed by atoms with Gasteiger partial charge in [0.2, 0.25) is 0 Å². The standard InChI is InChI=1S/C14H24ClN3O/c1-3-16-13(11-4-5-11)6-7-14-12(15)10-17-18(14)8-9-19-2/h10-11,13,16H,3-9H2,1-2H3. The van der Waals surface area contributed by atoms with Gasteiger partial charge in [0.1, 0.15) is 0 Å². The quantitative estimate of drug-likeness (QED) is 0.758. The number of hydrogen-bond acceptors (Lipinski definition) is 3. The molecule has 2 rings (SSSR count). The van der Waals surface area contributed by atoms with Gasteiger partial charge in [-0.3, -0.25) is 4.68 Å². The number of ether oxygens (including phenoxy) is 1. The van der Waals surface area contributed by atoms with Crippen molar-refractivity contribution in [1.82, 2.24) is 15.1 Å². The Hall–Kier alpha value is -0.580. The van der Waals surface area contributed by atoms with Crippen LogP contribution in [0, 0.1) is 5.92 Å². The largest absolute Gasteiger partial charge is 0.383 e. The first-order valence-electron chi connectivity index (χ1n) is 7.18. The smallest absolute Gasteiger partial charge is 0.0817 e. The zero-order valence-electron chi connectivity index (χ0n) is 11.9. The molecule has 1 aliphatic rings. The molecule has 0 saturated heterocycles. The average molecular weight is 286 g/mol. The van der Waals surface area contributed by atoms with Crippen molar-refractivity contribution in [1.29, 1.82) is 0 Å². The van der Waals surface area contributed by atoms with Crippen molar-refractivity contribution >= 4 is 11.6 Å². The molecule has 1 heterocycles. The van der Waals surface area contributed by atoms with Crippen molar-refractivity contribution in [3.8, 4) is 0 Å². The first-order valence-corrected chi connectivity index (χ1v) is 7.56. The fraction of sp³-hybridized carbons (Fsp3) is 0.786. The van der Waals surface area contributed by atoms with Gasteiger partial charge in [-0.2, -0.15) is 5.10 Å². The van der Waals surface area contributed by atoms with E-state index in [4.69, 9.17) is 16.3 Å². The lowest BCUT2D eigenvalue weighted by atomic mass is 10.1. The molecule has 1 aliphatic carbocycles. The van der Waals surface area contributed by atoms with Crippen LogP contribution in [0.1, 0.15) is 31.9 Å². The maximum atomic E-state index is 6.24. The van der Waals surface area contributed by atoms with E-state index in [0.717, 1.165) is 42.6 Å². The lowest BCUT2D eigenvalue weighted by Gasteiger charge is -2.17. The fourth-order valence-electron chi connectivity index (χ4n) is 2.56. The summed E-state index contributed by atoms with van der Waals surface area (Å²) in [4.78, 5) is 0. The molecule has 1 unspecified atom stereocenters. The van der Waals surface area contributed by atoms with Gasteiger partial charge in [-0.25, -0.2) is 0 Å². The summed E-state index contributed by atoms with van der Waals surface area (Å²) in [6, 6.07) is 0.631. The van der Waals surface area contributed by atoms with E-state index in [1.54, 1.807) is 13.3 Å². The van der Waals surface area contributed by atoms with E-state index >= 15 is 0 Å². The molecule has 108 valence electrons. The van der Waals surface area contributed by atoms with E-state index < -0.39 is 0 Å². The molecule has 0 aromatic carbocycles. The van der Waals surface area contributed by atoms with Gasteiger partial charge in [-0.15, -0.1) is 0 Å². The first-order chi connectivity index (χ1) is 9.26. The summed E-state index contributed by atoms with van der Waals surface area (Å²) in [5.41, 5.74) is 1.14. The van der Waals surface area contributed by atoms with Crippen LogP contribution in [0.15, 0.2) is 6.20 Å². The van der Waals surface area contributed by atoms with Crippen LogP contribution >= 0.6 is 11.6 Å². The monoisotopic (exact) mass is 285 g/mol. The summed E-state index contributed by atoms with van der Waals surface area (Å²) < 4.78 is 7.08.